The Hall–Kier alpha value is -4.29. The third-order valence-electron chi connectivity index (χ3n) is 4.73. The number of nitriles is 1. The first-order valence-corrected chi connectivity index (χ1v) is 11.4. The third kappa shape index (κ3) is 5.74. The highest BCUT2D eigenvalue weighted by atomic mass is 32.2. The number of carbonyl (C=O) groups excluding carboxylic acids is 1. The lowest BCUT2D eigenvalue weighted by Gasteiger charge is -2.12. The summed E-state index contributed by atoms with van der Waals surface area (Å²) in [7, 11) is -1.25. The number of anilines is 1. The molecular formula is C25H22N2O6S. The van der Waals surface area contributed by atoms with Crippen LogP contribution in [0.2, 0.25) is 0 Å². The van der Waals surface area contributed by atoms with Gasteiger partial charge in [0.25, 0.3) is 5.91 Å². The Morgan fingerprint density at radius 3 is 2.26 bits per heavy atom. The van der Waals surface area contributed by atoms with Crippen LogP contribution >= 0.6 is 0 Å². The topological polar surface area (TPSA) is 115 Å². The summed E-state index contributed by atoms with van der Waals surface area (Å²) in [5, 5.41) is 12.1. The second kappa shape index (κ2) is 10.6. The van der Waals surface area contributed by atoms with Gasteiger partial charge in [-0.3, -0.25) is 4.79 Å². The van der Waals surface area contributed by atoms with E-state index in [1.165, 1.54) is 50.6 Å². The van der Waals surface area contributed by atoms with E-state index in [0.29, 0.717) is 17.0 Å². The lowest BCUT2D eigenvalue weighted by atomic mass is 10.1. The molecule has 3 rings (SSSR count). The second-order valence-electron chi connectivity index (χ2n) is 7.09. The predicted octanol–water partition coefficient (Wildman–Crippen LogP) is 4.33. The van der Waals surface area contributed by atoms with Crippen molar-refractivity contribution in [3.05, 3.63) is 83.4 Å². The molecule has 174 valence electrons. The van der Waals surface area contributed by atoms with Crippen molar-refractivity contribution < 1.29 is 26.9 Å². The Morgan fingerprint density at radius 2 is 1.62 bits per heavy atom. The van der Waals surface area contributed by atoms with Crippen molar-refractivity contribution in [3.63, 3.8) is 0 Å². The van der Waals surface area contributed by atoms with Crippen LogP contribution in [0.15, 0.2) is 77.2 Å². The molecule has 0 aliphatic heterocycles. The molecule has 0 atom stereocenters. The fourth-order valence-electron chi connectivity index (χ4n) is 2.97. The average molecular weight is 479 g/mol. The molecule has 0 unspecified atom stereocenters. The Morgan fingerprint density at radius 1 is 0.941 bits per heavy atom. The number of hydrogen-bond donors (Lipinski definition) is 1. The fourth-order valence-corrected chi connectivity index (χ4v) is 3.91. The van der Waals surface area contributed by atoms with E-state index in [4.69, 9.17) is 13.7 Å². The van der Waals surface area contributed by atoms with Crippen molar-refractivity contribution in [1.29, 1.82) is 5.26 Å². The minimum atomic E-state index is -4.08. The van der Waals surface area contributed by atoms with Crippen LogP contribution in [0.25, 0.3) is 6.08 Å². The molecule has 0 saturated carbocycles. The molecule has 9 heteroatoms. The van der Waals surface area contributed by atoms with E-state index in [2.05, 4.69) is 5.32 Å². The Kier molecular flexibility index (Phi) is 7.56. The molecule has 0 bridgehead atoms. The van der Waals surface area contributed by atoms with Crippen molar-refractivity contribution in [2.75, 3.05) is 19.5 Å². The number of nitrogens with one attached hydrogen (secondary N) is 1. The SMILES string of the molecule is COc1ccccc1NC(=O)/C(C#N)=C/c1ccc(OS(=O)(=O)c2ccc(C)cc2)c(OC)c1. The Bertz CT molecular complexity index is 1370. The summed E-state index contributed by atoms with van der Waals surface area (Å²) in [5.74, 6) is -0.0941. The van der Waals surface area contributed by atoms with Crippen LogP contribution in [0.1, 0.15) is 11.1 Å². The molecule has 0 aliphatic rings. The summed E-state index contributed by atoms with van der Waals surface area (Å²) in [5.41, 5.74) is 1.59. The quantitative estimate of drug-likeness (QED) is 0.291. The molecule has 3 aromatic carbocycles. The molecule has 0 aromatic heterocycles. The van der Waals surface area contributed by atoms with Gasteiger partial charge in [-0.15, -0.1) is 0 Å². The van der Waals surface area contributed by atoms with Gasteiger partial charge in [0.05, 0.1) is 19.9 Å². The molecule has 0 heterocycles. The van der Waals surface area contributed by atoms with Gasteiger partial charge in [-0.05, 0) is 55.0 Å². The lowest BCUT2D eigenvalue weighted by molar-refractivity contribution is -0.112. The second-order valence-corrected chi connectivity index (χ2v) is 8.63. The van der Waals surface area contributed by atoms with E-state index in [0.717, 1.165) is 5.56 Å². The first kappa shape index (κ1) is 24.4. The number of rotatable bonds is 8. The van der Waals surface area contributed by atoms with Crippen molar-refractivity contribution in [3.8, 4) is 23.3 Å². The highest BCUT2D eigenvalue weighted by Crippen LogP contribution is 2.32. The number of carbonyl (C=O) groups is 1. The summed E-state index contributed by atoms with van der Waals surface area (Å²) < 4.78 is 40.9. The molecule has 0 spiro atoms. The molecule has 8 nitrogen and oxygen atoms in total. The van der Waals surface area contributed by atoms with Gasteiger partial charge in [0.1, 0.15) is 22.3 Å². The first-order chi connectivity index (χ1) is 16.3. The number of amides is 1. The van der Waals surface area contributed by atoms with Crippen LogP contribution < -0.4 is 19.0 Å². The summed E-state index contributed by atoms with van der Waals surface area (Å²) >= 11 is 0. The van der Waals surface area contributed by atoms with Crippen LogP contribution in [0.3, 0.4) is 0 Å². The monoisotopic (exact) mass is 478 g/mol. The Labute approximate surface area is 198 Å². The third-order valence-corrected chi connectivity index (χ3v) is 5.98. The number of nitrogens with zero attached hydrogens (tertiary/aromatic N) is 1. The molecule has 0 fully saturated rings. The van der Waals surface area contributed by atoms with Crippen LogP contribution in [0.5, 0.6) is 17.2 Å². The molecule has 0 radical (unpaired) electrons. The van der Waals surface area contributed by atoms with Crippen molar-refractivity contribution >= 4 is 27.8 Å². The van der Waals surface area contributed by atoms with E-state index in [9.17, 15) is 18.5 Å². The van der Waals surface area contributed by atoms with E-state index >= 15 is 0 Å². The van der Waals surface area contributed by atoms with Crippen LogP contribution in [-0.2, 0) is 14.9 Å². The maximum atomic E-state index is 12.6. The highest BCUT2D eigenvalue weighted by molar-refractivity contribution is 7.87. The number of para-hydroxylation sites is 2. The van der Waals surface area contributed by atoms with Gasteiger partial charge < -0.3 is 19.0 Å². The van der Waals surface area contributed by atoms with Crippen LogP contribution in [0, 0.1) is 18.3 Å². The highest BCUT2D eigenvalue weighted by Gasteiger charge is 2.19. The van der Waals surface area contributed by atoms with E-state index in [1.54, 1.807) is 36.4 Å². The van der Waals surface area contributed by atoms with Gasteiger partial charge >= 0.3 is 10.1 Å². The molecular weight excluding hydrogens is 456 g/mol. The largest absolute Gasteiger partial charge is 0.495 e. The van der Waals surface area contributed by atoms with Gasteiger partial charge in [0, 0.05) is 0 Å². The van der Waals surface area contributed by atoms with Gasteiger partial charge in [-0.1, -0.05) is 35.9 Å². The average Bonchev–Trinajstić information content (AvgIpc) is 2.83. The van der Waals surface area contributed by atoms with Gasteiger partial charge in [0.15, 0.2) is 11.5 Å². The minimum Gasteiger partial charge on any atom is -0.495 e. The van der Waals surface area contributed by atoms with E-state index in [-0.39, 0.29) is 22.0 Å². The molecule has 0 aliphatic carbocycles. The van der Waals surface area contributed by atoms with Gasteiger partial charge in [0.2, 0.25) is 0 Å². The Balaban J connectivity index is 1.85. The molecule has 0 saturated heterocycles. The molecule has 3 aromatic rings. The number of methoxy groups -OCH3 is 2. The zero-order valence-electron chi connectivity index (χ0n) is 18.7. The fraction of sp³-hybridized carbons (Fsp3) is 0.120. The maximum absolute atomic E-state index is 12.6. The smallest absolute Gasteiger partial charge is 0.339 e. The number of benzene rings is 3. The summed E-state index contributed by atoms with van der Waals surface area (Å²) in [6.07, 6.45) is 1.35. The van der Waals surface area contributed by atoms with Crippen molar-refractivity contribution in [2.24, 2.45) is 0 Å². The van der Waals surface area contributed by atoms with Gasteiger partial charge in [-0.25, -0.2) is 0 Å². The number of ether oxygens (including phenoxy) is 2. The normalized spacial score (nSPS) is 11.3. The molecule has 1 amide bonds. The lowest BCUT2D eigenvalue weighted by Crippen LogP contribution is -2.14. The number of aryl methyl sites for hydroxylation is 1. The first-order valence-electron chi connectivity index (χ1n) is 10.0. The predicted molar refractivity (Wildman–Crippen MR) is 127 cm³/mol. The van der Waals surface area contributed by atoms with Gasteiger partial charge in [-0.2, -0.15) is 13.7 Å². The van der Waals surface area contributed by atoms with Crippen LogP contribution in [-0.4, -0.2) is 28.5 Å². The molecule has 1 N–H and O–H groups in total. The minimum absolute atomic E-state index is 0.00361. The zero-order valence-corrected chi connectivity index (χ0v) is 19.5. The number of hydrogen-bond acceptors (Lipinski definition) is 7. The van der Waals surface area contributed by atoms with E-state index < -0.39 is 16.0 Å². The van der Waals surface area contributed by atoms with Crippen molar-refractivity contribution in [1.82, 2.24) is 0 Å². The van der Waals surface area contributed by atoms with Crippen molar-refractivity contribution in [2.45, 2.75) is 11.8 Å². The summed E-state index contributed by atoms with van der Waals surface area (Å²) in [6.45, 7) is 1.85. The van der Waals surface area contributed by atoms with Crippen LogP contribution in [0.4, 0.5) is 5.69 Å². The summed E-state index contributed by atoms with van der Waals surface area (Å²) in [6, 6.07) is 19.3. The zero-order chi connectivity index (χ0) is 24.7. The summed E-state index contributed by atoms with van der Waals surface area (Å²) in [4.78, 5) is 12.6. The molecule has 34 heavy (non-hydrogen) atoms. The van der Waals surface area contributed by atoms with E-state index in [1.807, 2.05) is 13.0 Å². The standard InChI is InChI=1S/C25H22N2O6S/c1-17-8-11-20(12-9-17)34(29,30)33-23-13-10-18(15-24(23)32-3)14-19(16-26)25(28)27-21-6-4-5-7-22(21)31-2/h4-15H,1-3H3,(H,27,28)/b19-14+. The maximum Gasteiger partial charge on any atom is 0.339 e.